The fourth-order valence-corrected chi connectivity index (χ4v) is 5.19. The first-order valence-corrected chi connectivity index (χ1v) is 11.3. The molecule has 2 atom stereocenters. The van der Waals surface area contributed by atoms with Crippen LogP contribution in [0.1, 0.15) is 12.8 Å². The molecule has 9 heteroatoms. The van der Waals surface area contributed by atoms with E-state index in [1.54, 1.807) is 18.5 Å². The highest BCUT2D eigenvalue weighted by atomic mass is 32.2. The number of quaternary nitrogens is 1. The van der Waals surface area contributed by atoms with Gasteiger partial charge in [0.1, 0.15) is 23.5 Å². The van der Waals surface area contributed by atoms with Crippen molar-refractivity contribution in [2.75, 3.05) is 35.6 Å². The number of pyridine rings is 1. The molecule has 2 fully saturated rings. The van der Waals surface area contributed by atoms with Gasteiger partial charge in [-0.3, -0.25) is 4.98 Å². The number of nitrogens with zero attached hydrogens (tertiary/aromatic N) is 4. The van der Waals surface area contributed by atoms with Crippen LogP contribution >= 0.6 is 11.8 Å². The standard InChI is InChI=1S/C22H24FN7S/c23-17-10-15(3-4-19(17)31-16-5-8-25-9-6-16)27-20-11-21(29-22(24)28-20)30-12-14-2-1-7-26-18(14)13-30/h3-6,8-11,14,18,26H,1-2,7,12-13H2,(H3,24,27,28,29)/p+1. The van der Waals surface area contributed by atoms with E-state index in [1.807, 2.05) is 24.3 Å². The first kappa shape index (κ1) is 20.0. The lowest BCUT2D eigenvalue weighted by Gasteiger charge is -2.21. The van der Waals surface area contributed by atoms with Crippen LogP contribution in [0.3, 0.4) is 0 Å². The van der Waals surface area contributed by atoms with Crippen molar-refractivity contribution in [1.82, 2.24) is 15.0 Å². The highest BCUT2D eigenvalue weighted by Crippen LogP contribution is 2.32. The molecule has 160 valence electrons. The normalized spacial score (nSPS) is 20.5. The number of aromatic nitrogens is 3. The Morgan fingerprint density at radius 2 is 2.00 bits per heavy atom. The van der Waals surface area contributed by atoms with Gasteiger partial charge < -0.3 is 21.3 Å². The van der Waals surface area contributed by atoms with Crippen LogP contribution in [0.2, 0.25) is 0 Å². The van der Waals surface area contributed by atoms with Crippen molar-refractivity contribution in [2.24, 2.45) is 5.92 Å². The van der Waals surface area contributed by atoms with Crippen LogP contribution in [0.5, 0.6) is 0 Å². The zero-order valence-electron chi connectivity index (χ0n) is 17.0. The summed E-state index contributed by atoms with van der Waals surface area (Å²) < 4.78 is 14.7. The van der Waals surface area contributed by atoms with Gasteiger partial charge in [-0.15, -0.1) is 0 Å². The highest BCUT2D eigenvalue weighted by molar-refractivity contribution is 7.99. The summed E-state index contributed by atoms with van der Waals surface area (Å²) in [6, 6.07) is 11.3. The molecule has 0 amide bonds. The summed E-state index contributed by atoms with van der Waals surface area (Å²) in [7, 11) is 0. The number of anilines is 4. The lowest BCUT2D eigenvalue weighted by Crippen LogP contribution is -2.93. The quantitative estimate of drug-likeness (QED) is 0.563. The van der Waals surface area contributed by atoms with Crippen molar-refractivity contribution in [3.8, 4) is 0 Å². The van der Waals surface area contributed by atoms with Gasteiger partial charge >= 0.3 is 0 Å². The highest BCUT2D eigenvalue weighted by Gasteiger charge is 2.38. The van der Waals surface area contributed by atoms with Gasteiger partial charge in [-0.25, -0.2) is 4.39 Å². The lowest BCUT2D eigenvalue weighted by molar-refractivity contribution is -0.699. The molecule has 1 aromatic carbocycles. The predicted molar refractivity (Wildman–Crippen MR) is 120 cm³/mol. The Morgan fingerprint density at radius 1 is 1.13 bits per heavy atom. The van der Waals surface area contributed by atoms with Gasteiger partial charge in [0.25, 0.3) is 0 Å². The topological polar surface area (TPSA) is 96.6 Å². The maximum Gasteiger partial charge on any atom is 0.223 e. The summed E-state index contributed by atoms with van der Waals surface area (Å²) in [6.45, 7) is 3.16. The smallest absolute Gasteiger partial charge is 0.223 e. The van der Waals surface area contributed by atoms with E-state index < -0.39 is 0 Å². The monoisotopic (exact) mass is 438 g/mol. The number of hydrogen-bond donors (Lipinski definition) is 3. The van der Waals surface area contributed by atoms with Crippen LogP contribution in [0, 0.1) is 11.7 Å². The number of fused-ring (bicyclic) bond motifs is 1. The van der Waals surface area contributed by atoms with E-state index in [9.17, 15) is 4.39 Å². The minimum atomic E-state index is -0.298. The van der Waals surface area contributed by atoms with Crippen LogP contribution in [0.25, 0.3) is 0 Å². The van der Waals surface area contributed by atoms with Crippen LogP contribution in [0.15, 0.2) is 58.6 Å². The molecule has 0 bridgehead atoms. The van der Waals surface area contributed by atoms with E-state index in [0.29, 0.717) is 28.4 Å². The third-order valence-corrected chi connectivity index (χ3v) is 6.93. The molecule has 2 unspecified atom stereocenters. The second-order valence-electron chi connectivity index (χ2n) is 8.02. The van der Waals surface area contributed by atoms with Crippen LogP contribution < -0.4 is 21.3 Å². The molecule has 0 radical (unpaired) electrons. The molecule has 4 heterocycles. The van der Waals surface area contributed by atoms with E-state index in [1.165, 1.54) is 37.2 Å². The second-order valence-corrected chi connectivity index (χ2v) is 9.14. The van der Waals surface area contributed by atoms with Crippen molar-refractivity contribution >= 4 is 35.0 Å². The zero-order chi connectivity index (χ0) is 21.2. The minimum Gasteiger partial charge on any atom is -0.368 e. The van der Waals surface area contributed by atoms with Crippen molar-refractivity contribution < 1.29 is 9.71 Å². The number of rotatable bonds is 5. The van der Waals surface area contributed by atoms with Gasteiger partial charge in [-0.1, -0.05) is 11.8 Å². The molecular weight excluding hydrogens is 413 g/mol. The lowest BCUT2D eigenvalue weighted by atomic mass is 9.94. The molecule has 3 aromatic rings. The number of piperidine rings is 1. The Morgan fingerprint density at radius 3 is 2.81 bits per heavy atom. The molecule has 2 aliphatic rings. The number of benzene rings is 1. The third kappa shape index (κ3) is 4.57. The number of nitrogens with one attached hydrogen (secondary N) is 1. The van der Waals surface area contributed by atoms with Gasteiger partial charge in [-0.05, 0) is 43.2 Å². The largest absolute Gasteiger partial charge is 0.368 e. The van der Waals surface area contributed by atoms with Gasteiger partial charge in [0.2, 0.25) is 5.95 Å². The van der Waals surface area contributed by atoms with Gasteiger partial charge in [0.05, 0.1) is 13.1 Å². The van der Waals surface area contributed by atoms with E-state index in [2.05, 4.69) is 30.5 Å². The van der Waals surface area contributed by atoms with Crippen LogP contribution in [0.4, 0.5) is 27.7 Å². The Hall–Kier alpha value is -2.91. The van der Waals surface area contributed by atoms with Crippen molar-refractivity contribution in [2.45, 2.75) is 28.7 Å². The van der Waals surface area contributed by atoms with Crippen LogP contribution in [-0.4, -0.2) is 40.6 Å². The van der Waals surface area contributed by atoms with Gasteiger partial charge in [0.15, 0.2) is 0 Å². The average molecular weight is 439 g/mol. The van der Waals surface area contributed by atoms with Crippen LogP contribution in [-0.2, 0) is 0 Å². The van der Waals surface area contributed by atoms with Crippen molar-refractivity contribution in [3.05, 3.63) is 54.6 Å². The predicted octanol–water partition coefficient (Wildman–Crippen LogP) is 2.65. The molecule has 5 rings (SSSR count). The number of nitrogens with two attached hydrogens (primary N) is 2. The third-order valence-electron chi connectivity index (χ3n) is 5.88. The summed E-state index contributed by atoms with van der Waals surface area (Å²) >= 11 is 1.36. The first-order valence-electron chi connectivity index (χ1n) is 10.5. The number of hydrogen-bond acceptors (Lipinski definition) is 7. The summed E-state index contributed by atoms with van der Waals surface area (Å²) in [6.07, 6.45) is 5.93. The molecular formula is C22H25FN7S+. The molecule has 2 aromatic heterocycles. The molecule has 7 nitrogen and oxygen atoms in total. The van der Waals surface area contributed by atoms with E-state index in [4.69, 9.17) is 5.73 Å². The summed E-state index contributed by atoms with van der Waals surface area (Å²) in [5.74, 6) is 2.00. The van der Waals surface area contributed by atoms with Gasteiger partial charge in [0, 0.05) is 46.4 Å². The maximum absolute atomic E-state index is 14.7. The zero-order valence-corrected chi connectivity index (χ0v) is 17.9. The summed E-state index contributed by atoms with van der Waals surface area (Å²) in [5, 5.41) is 5.63. The Kier molecular flexibility index (Phi) is 5.61. The molecule has 0 aliphatic carbocycles. The molecule has 0 spiro atoms. The maximum atomic E-state index is 14.7. The first-order chi connectivity index (χ1) is 15.1. The average Bonchev–Trinajstić information content (AvgIpc) is 3.21. The number of halogens is 1. The van der Waals surface area contributed by atoms with E-state index in [-0.39, 0.29) is 11.8 Å². The summed E-state index contributed by atoms with van der Waals surface area (Å²) in [4.78, 5) is 16.5. The fourth-order valence-electron chi connectivity index (χ4n) is 4.39. The van der Waals surface area contributed by atoms with Crippen molar-refractivity contribution in [1.29, 1.82) is 0 Å². The van der Waals surface area contributed by atoms with Crippen molar-refractivity contribution in [3.63, 3.8) is 0 Å². The molecule has 0 saturated carbocycles. The Balaban J connectivity index is 1.31. The Bertz CT molecular complexity index is 1050. The molecule has 2 aliphatic heterocycles. The molecule has 5 N–H and O–H groups in total. The minimum absolute atomic E-state index is 0.212. The van der Waals surface area contributed by atoms with E-state index >= 15 is 0 Å². The SMILES string of the molecule is Nc1nc(Nc2ccc(Sc3ccncc3)c(F)c2)cc(N2CC3CCC[NH2+]C3C2)n1. The van der Waals surface area contributed by atoms with Gasteiger partial charge in [-0.2, -0.15) is 9.97 Å². The number of nitrogen functional groups attached to an aromatic ring is 1. The van der Waals surface area contributed by atoms with E-state index in [0.717, 1.165) is 23.8 Å². The molecule has 31 heavy (non-hydrogen) atoms. The molecule has 2 saturated heterocycles. The fraction of sp³-hybridized carbons (Fsp3) is 0.318. The summed E-state index contributed by atoms with van der Waals surface area (Å²) in [5.41, 5.74) is 6.60. The Labute approximate surface area is 184 Å². The second kappa shape index (κ2) is 8.68.